The first-order chi connectivity index (χ1) is 11.0. The second-order valence-corrected chi connectivity index (χ2v) is 4.88. The molecule has 0 spiro atoms. The third-order valence-electron chi connectivity index (χ3n) is 3.25. The maximum atomic E-state index is 12.6. The van der Waals surface area contributed by atoms with Gasteiger partial charge >= 0.3 is 5.97 Å². The van der Waals surface area contributed by atoms with Crippen LogP contribution in [0, 0.1) is 18.3 Å². The molecule has 0 atom stereocenters. The van der Waals surface area contributed by atoms with Crippen LogP contribution in [0.4, 0.5) is 0 Å². The van der Waals surface area contributed by atoms with Crippen molar-refractivity contribution in [1.82, 2.24) is 9.47 Å². The minimum Gasteiger partial charge on any atom is -0.465 e. The number of amides is 1. The number of hydrogen-bond donors (Lipinski definition) is 0. The summed E-state index contributed by atoms with van der Waals surface area (Å²) in [5, 5.41) is 9.42. The number of furan rings is 1. The van der Waals surface area contributed by atoms with Crippen molar-refractivity contribution in [2.75, 3.05) is 20.2 Å². The SMILES string of the molecule is CCOC(=O)CN(C)C(=O)c1c(C)oc(-n2cccc2)c1C#N. The lowest BCUT2D eigenvalue weighted by molar-refractivity contribution is -0.143. The molecular weight excluding hydrogens is 298 g/mol. The van der Waals surface area contributed by atoms with Gasteiger partial charge in [0, 0.05) is 19.4 Å². The number of hydrogen-bond acceptors (Lipinski definition) is 5. The number of aryl methyl sites for hydroxylation is 1. The van der Waals surface area contributed by atoms with Gasteiger partial charge in [-0.25, -0.2) is 0 Å². The summed E-state index contributed by atoms with van der Waals surface area (Å²) in [5.74, 6) is -0.364. The van der Waals surface area contributed by atoms with Gasteiger partial charge in [0.15, 0.2) is 0 Å². The number of aromatic nitrogens is 1. The quantitative estimate of drug-likeness (QED) is 0.786. The van der Waals surface area contributed by atoms with Gasteiger partial charge in [-0.2, -0.15) is 5.26 Å². The van der Waals surface area contributed by atoms with Crippen molar-refractivity contribution < 1.29 is 18.7 Å². The van der Waals surface area contributed by atoms with E-state index in [1.807, 2.05) is 6.07 Å². The highest BCUT2D eigenvalue weighted by atomic mass is 16.5. The number of nitriles is 1. The minimum atomic E-state index is -0.506. The summed E-state index contributed by atoms with van der Waals surface area (Å²) in [6.45, 7) is 3.35. The van der Waals surface area contributed by atoms with E-state index in [0.717, 1.165) is 0 Å². The van der Waals surface area contributed by atoms with Crippen LogP contribution in [0.2, 0.25) is 0 Å². The first-order valence-electron chi connectivity index (χ1n) is 7.07. The fourth-order valence-corrected chi connectivity index (χ4v) is 2.21. The van der Waals surface area contributed by atoms with E-state index in [1.165, 1.54) is 11.9 Å². The Morgan fingerprint density at radius 2 is 2.04 bits per heavy atom. The molecule has 0 fully saturated rings. The van der Waals surface area contributed by atoms with Gasteiger partial charge in [-0.1, -0.05) is 0 Å². The molecule has 0 bridgehead atoms. The van der Waals surface area contributed by atoms with Gasteiger partial charge in [-0.3, -0.25) is 14.2 Å². The van der Waals surface area contributed by atoms with E-state index in [2.05, 4.69) is 0 Å². The molecule has 0 N–H and O–H groups in total. The molecule has 0 unspecified atom stereocenters. The summed E-state index contributed by atoms with van der Waals surface area (Å²) >= 11 is 0. The summed E-state index contributed by atoms with van der Waals surface area (Å²) in [6.07, 6.45) is 3.44. The first-order valence-corrected chi connectivity index (χ1v) is 7.07. The number of carbonyl (C=O) groups is 2. The maximum Gasteiger partial charge on any atom is 0.325 e. The van der Waals surface area contributed by atoms with Gasteiger partial charge in [-0.05, 0) is 26.0 Å². The molecule has 1 amide bonds. The van der Waals surface area contributed by atoms with E-state index in [4.69, 9.17) is 9.15 Å². The van der Waals surface area contributed by atoms with Crippen LogP contribution in [0.5, 0.6) is 0 Å². The van der Waals surface area contributed by atoms with Crippen molar-refractivity contribution in [1.29, 1.82) is 5.26 Å². The number of nitrogens with zero attached hydrogens (tertiary/aromatic N) is 3. The molecule has 0 saturated carbocycles. The normalized spacial score (nSPS) is 10.2. The van der Waals surface area contributed by atoms with Crippen LogP contribution in [-0.4, -0.2) is 41.5 Å². The van der Waals surface area contributed by atoms with Gasteiger partial charge in [0.25, 0.3) is 5.91 Å². The molecule has 0 aromatic carbocycles. The molecule has 2 aromatic rings. The zero-order chi connectivity index (χ0) is 17.0. The van der Waals surface area contributed by atoms with Crippen LogP contribution >= 0.6 is 0 Å². The van der Waals surface area contributed by atoms with Crippen molar-refractivity contribution in [2.45, 2.75) is 13.8 Å². The molecule has 0 aliphatic rings. The molecular formula is C16H17N3O4. The first kappa shape index (κ1) is 16.4. The topological polar surface area (TPSA) is 88.5 Å². The van der Waals surface area contributed by atoms with E-state index in [9.17, 15) is 14.9 Å². The van der Waals surface area contributed by atoms with Gasteiger partial charge in [0.2, 0.25) is 5.88 Å². The molecule has 23 heavy (non-hydrogen) atoms. The molecule has 0 radical (unpaired) electrons. The molecule has 0 aliphatic heterocycles. The highest BCUT2D eigenvalue weighted by Crippen LogP contribution is 2.26. The van der Waals surface area contributed by atoms with Crippen LogP contribution in [0.25, 0.3) is 5.88 Å². The summed E-state index contributed by atoms with van der Waals surface area (Å²) < 4.78 is 12.0. The van der Waals surface area contributed by atoms with Crippen molar-refractivity contribution in [3.8, 4) is 12.0 Å². The third-order valence-corrected chi connectivity index (χ3v) is 3.25. The van der Waals surface area contributed by atoms with Crippen LogP contribution in [-0.2, 0) is 9.53 Å². The highest BCUT2D eigenvalue weighted by Gasteiger charge is 2.27. The zero-order valence-electron chi connectivity index (χ0n) is 13.2. The van der Waals surface area contributed by atoms with Crippen molar-refractivity contribution >= 4 is 11.9 Å². The second kappa shape index (κ2) is 6.83. The Hall–Kier alpha value is -3.01. The average molecular weight is 315 g/mol. The minimum absolute atomic E-state index is 0.138. The molecule has 120 valence electrons. The average Bonchev–Trinajstić information content (AvgIpc) is 3.13. The molecule has 2 rings (SSSR count). The predicted octanol–water partition coefficient (Wildman–Crippen LogP) is 1.89. The molecule has 2 aromatic heterocycles. The standard InChI is InChI=1S/C16H17N3O4/c1-4-22-13(20)10-18(3)15(21)14-11(2)23-16(12(14)9-17)19-7-5-6-8-19/h5-8H,4,10H2,1-3H3. The third kappa shape index (κ3) is 3.26. The highest BCUT2D eigenvalue weighted by molar-refractivity contribution is 5.99. The van der Waals surface area contributed by atoms with Gasteiger partial charge in [-0.15, -0.1) is 0 Å². The Labute approximate surface area is 133 Å². The van der Waals surface area contributed by atoms with E-state index < -0.39 is 11.9 Å². The van der Waals surface area contributed by atoms with Crippen LogP contribution in [0.15, 0.2) is 28.9 Å². The van der Waals surface area contributed by atoms with E-state index in [1.54, 1.807) is 42.9 Å². The van der Waals surface area contributed by atoms with Crippen molar-refractivity contribution in [3.63, 3.8) is 0 Å². The Balaban J connectivity index is 2.34. The van der Waals surface area contributed by atoms with Crippen molar-refractivity contribution in [2.24, 2.45) is 0 Å². The number of esters is 1. The lowest BCUT2D eigenvalue weighted by Crippen LogP contribution is -2.33. The van der Waals surface area contributed by atoms with E-state index >= 15 is 0 Å². The van der Waals surface area contributed by atoms with E-state index in [-0.39, 0.29) is 30.2 Å². The number of ether oxygens (including phenoxy) is 1. The molecule has 0 saturated heterocycles. The summed E-state index contributed by atoms with van der Waals surface area (Å²) in [7, 11) is 1.47. The number of likely N-dealkylation sites (N-methyl/N-ethyl adjacent to an activating group) is 1. The lowest BCUT2D eigenvalue weighted by atomic mass is 10.1. The summed E-state index contributed by atoms with van der Waals surface area (Å²) in [5.41, 5.74) is 0.294. The van der Waals surface area contributed by atoms with Gasteiger partial charge in [0.05, 0.1) is 6.61 Å². The van der Waals surface area contributed by atoms with Crippen LogP contribution in [0.3, 0.4) is 0 Å². The predicted molar refractivity (Wildman–Crippen MR) is 81.1 cm³/mol. The zero-order valence-corrected chi connectivity index (χ0v) is 13.2. The Morgan fingerprint density at radius 1 is 1.39 bits per heavy atom. The van der Waals surface area contributed by atoms with Crippen molar-refractivity contribution in [3.05, 3.63) is 41.4 Å². The Morgan fingerprint density at radius 3 is 2.61 bits per heavy atom. The second-order valence-electron chi connectivity index (χ2n) is 4.88. The Bertz CT molecular complexity index is 753. The lowest BCUT2D eigenvalue weighted by Gasteiger charge is -2.15. The Kier molecular flexibility index (Phi) is 4.86. The maximum absolute atomic E-state index is 12.6. The summed E-state index contributed by atoms with van der Waals surface area (Å²) in [6, 6.07) is 5.58. The smallest absolute Gasteiger partial charge is 0.325 e. The monoisotopic (exact) mass is 315 g/mol. The largest absolute Gasteiger partial charge is 0.465 e. The molecule has 0 aliphatic carbocycles. The molecule has 2 heterocycles. The van der Waals surface area contributed by atoms with Gasteiger partial charge in [0.1, 0.15) is 29.5 Å². The summed E-state index contributed by atoms with van der Waals surface area (Å²) in [4.78, 5) is 25.3. The fourth-order valence-electron chi connectivity index (χ4n) is 2.21. The number of carbonyl (C=O) groups excluding carboxylic acids is 2. The number of rotatable bonds is 5. The van der Waals surface area contributed by atoms with E-state index in [0.29, 0.717) is 5.76 Å². The molecule has 7 nitrogen and oxygen atoms in total. The van der Waals surface area contributed by atoms with Crippen LogP contribution in [0.1, 0.15) is 28.6 Å². The van der Waals surface area contributed by atoms with Gasteiger partial charge < -0.3 is 14.1 Å². The van der Waals surface area contributed by atoms with Crippen LogP contribution < -0.4 is 0 Å². The fraction of sp³-hybridized carbons (Fsp3) is 0.312. The molecule has 7 heteroatoms.